The Morgan fingerprint density at radius 3 is 1.92 bits per heavy atom. The fraction of sp³-hybridized carbons (Fsp3) is 0.714. The second-order valence-electron chi connectivity index (χ2n) is 5.27. The van der Waals surface area contributed by atoms with Crippen molar-refractivity contribution in [3.8, 4) is 0 Å². The maximum Gasteiger partial charge on any atom is 0.409 e. The molecule has 1 unspecified atom stereocenters. The van der Waals surface area contributed by atoms with Crippen LogP contribution in [0, 0.1) is 0 Å². The second kappa shape index (κ2) is 8.48. The van der Waals surface area contributed by atoms with Gasteiger partial charge in [0.1, 0.15) is 12.7 Å². The van der Waals surface area contributed by atoms with E-state index in [9.17, 15) is 19.2 Å². The van der Waals surface area contributed by atoms with Crippen molar-refractivity contribution >= 4 is 24.0 Å². The van der Waals surface area contributed by atoms with Crippen LogP contribution in [0.3, 0.4) is 0 Å². The van der Waals surface area contributed by atoms with E-state index in [1.54, 1.807) is 0 Å². The quantitative estimate of drug-likeness (QED) is 0.493. The van der Waals surface area contributed by atoms with Crippen LogP contribution in [-0.2, 0) is 38.1 Å². The number of rotatable bonds is 5. The Kier molecular flexibility index (Phi) is 6.96. The van der Waals surface area contributed by atoms with Gasteiger partial charge < -0.3 is 28.6 Å². The number of carbonyl (C=O) groups is 4. The maximum atomic E-state index is 11.8. The molecule has 1 amide bonds. The molecule has 10 heteroatoms. The molecular weight excluding hydrogens is 326 g/mol. The monoisotopic (exact) mass is 347 g/mol. The molecule has 1 aliphatic heterocycles. The van der Waals surface area contributed by atoms with Gasteiger partial charge in [-0.1, -0.05) is 0 Å². The molecule has 0 bridgehead atoms. The summed E-state index contributed by atoms with van der Waals surface area (Å²) >= 11 is 0. The van der Waals surface area contributed by atoms with Crippen molar-refractivity contribution in [3.63, 3.8) is 0 Å². The second-order valence-corrected chi connectivity index (χ2v) is 5.27. The summed E-state index contributed by atoms with van der Waals surface area (Å²) in [6.45, 7) is 3.22. The summed E-state index contributed by atoms with van der Waals surface area (Å²) in [5.74, 6) is -1.93. The lowest BCUT2D eigenvalue weighted by Crippen LogP contribution is -2.44. The number of nitrogens with zero attached hydrogens (tertiary/aromatic N) is 1. The molecule has 24 heavy (non-hydrogen) atoms. The summed E-state index contributed by atoms with van der Waals surface area (Å²) in [5, 5.41) is 0. The third-order valence-corrected chi connectivity index (χ3v) is 2.90. The average molecular weight is 347 g/mol. The molecule has 1 heterocycles. The number of hydrogen-bond acceptors (Lipinski definition) is 9. The topological polar surface area (TPSA) is 118 Å². The van der Waals surface area contributed by atoms with Gasteiger partial charge in [-0.05, 0) is 0 Å². The first kappa shape index (κ1) is 19.7. The fourth-order valence-electron chi connectivity index (χ4n) is 1.96. The van der Waals surface area contributed by atoms with E-state index in [0.717, 1.165) is 18.7 Å². The first-order valence-electron chi connectivity index (χ1n) is 7.13. The predicted molar refractivity (Wildman–Crippen MR) is 76.6 cm³/mol. The lowest BCUT2D eigenvalue weighted by atomic mass is 10.1. The highest BCUT2D eigenvalue weighted by Gasteiger charge is 2.51. The van der Waals surface area contributed by atoms with Crippen LogP contribution < -0.4 is 0 Å². The van der Waals surface area contributed by atoms with Crippen LogP contribution in [-0.4, -0.2) is 74.2 Å². The standard InChI is InChI=1S/C14H21NO9/c1-7(16)20-6-10-11(24-14(19)15(4)5)12(21-8(2)17)13(23-10)22-9(3)18/h10-13H,6H2,1-5H3/t10-,11+,12-,13?/m1/s1. The van der Waals surface area contributed by atoms with E-state index in [2.05, 4.69) is 0 Å². The van der Waals surface area contributed by atoms with Crippen molar-refractivity contribution in [2.24, 2.45) is 0 Å². The van der Waals surface area contributed by atoms with Gasteiger partial charge in [-0.25, -0.2) is 4.79 Å². The normalized spacial score (nSPS) is 25.5. The molecule has 4 atom stereocenters. The van der Waals surface area contributed by atoms with Crippen molar-refractivity contribution in [1.82, 2.24) is 4.90 Å². The third-order valence-electron chi connectivity index (χ3n) is 2.90. The van der Waals surface area contributed by atoms with Crippen molar-refractivity contribution in [3.05, 3.63) is 0 Å². The molecule has 0 aliphatic carbocycles. The van der Waals surface area contributed by atoms with Gasteiger partial charge in [0, 0.05) is 34.9 Å². The van der Waals surface area contributed by atoms with Crippen molar-refractivity contribution < 1.29 is 42.9 Å². The van der Waals surface area contributed by atoms with Crippen molar-refractivity contribution in [1.29, 1.82) is 0 Å². The third kappa shape index (κ3) is 5.69. The van der Waals surface area contributed by atoms with Gasteiger partial charge in [0.2, 0.25) is 12.4 Å². The Balaban J connectivity index is 3.01. The van der Waals surface area contributed by atoms with Crippen LogP contribution in [0.1, 0.15) is 20.8 Å². The number of amides is 1. The minimum absolute atomic E-state index is 0.268. The highest BCUT2D eigenvalue weighted by molar-refractivity contribution is 5.69. The molecule has 0 saturated carbocycles. The summed E-state index contributed by atoms with van der Waals surface area (Å²) in [6, 6.07) is 0. The Hall–Kier alpha value is -2.36. The molecule has 0 aromatic rings. The summed E-state index contributed by atoms with van der Waals surface area (Å²) in [5.41, 5.74) is 0. The minimum Gasteiger partial charge on any atom is -0.463 e. The Labute approximate surface area is 138 Å². The molecule has 0 spiro atoms. The highest BCUT2D eigenvalue weighted by Crippen LogP contribution is 2.28. The van der Waals surface area contributed by atoms with Gasteiger partial charge in [0.25, 0.3) is 0 Å². The van der Waals surface area contributed by atoms with Gasteiger partial charge in [0.05, 0.1) is 0 Å². The zero-order chi connectivity index (χ0) is 18.4. The molecule has 1 aliphatic rings. The number of ether oxygens (including phenoxy) is 5. The summed E-state index contributed by atoms with van der Waals surface area (Å²) < 4.78 is 25.6. The largest absolute Gasteiger partial charge is 0.463 e. The van der Waals surface area contributed by atoms with Gasteiger partial charge in [-0.3, -0.25) is 14.4 Å². The maximum absolute atomic E-state index is 11.8. The smallest absolute Gasteiger partial charge is 0.409 e. The molecule has 136 valence electrons. The highest BCUT2D eigenvalue weighted by atomic mass is 16.8. The first-order valence-corrected chi connectivity index (χ1v) is 7.13. The molecule has 10 nitrogen and oxygen atoms in total. The van der Waals surface area contributed by atoms with E-state index in [1.807, 2.05) is 0 Å². The lowest BCUT2D eigenvalue weighted by Gasteiger charge is -2.24. The predicted octanol–water partition coefficient (Wildman–Crippen LogP) is -0.164. The fourth-order valence-corrected chi connectivity index (χ4v) is 1.96. The van der Waals surface area contributed by atoms with Crippen LogP contribution >= 0.6 is 0 Å². The molecule has 1 rings (SSSR count). The van der Waals surface area contributed by atoms with E-state index >= 15 is 0 Å². The van der Waals surface area contributed by atoms with Gasteiger partial charge in [-0.2, -0.15) is 0 Å². The average Bonchev–Trinajstić information content (AvgIpc) is 2.73. The SMILES string of the molecule is CC(=O)OC[C@H]1OC(OC(C)=O)[C@H](OC(C)=O)[C@H]1OC(=O)N(C)C. The van der Waals surface area contributed by atoms with E-state index in [-0.39, 0.29) is 6.61 Å². The van der Waals surface area contributed by atoms with Crippen LogP contribution in [0.2, 0.25) is 0 Å². The zero-order valence-corrected chi connectivity index (χ0v) is 14.1. The number of carbonyl (C=O) groups excluding carboxylic acids is 4. The molecule has 0 radical (unpaired) electrons. The first-order chi connectivity index (χ1) is 11.1. The molecule has 0 aromatic heterocycles. The van der Waals surface area contributed by atoms with Gasteiger partial charge >= 0.3 is 24.0 Å². The van der Waals surface area contributed by atoms with E-state index < -0.39 is 48.6 Å². The van der Waals surface area contributed by atoms with E-state index in [1.165, 1.54) is 21.0 Å². The summed E-state index contributed by atoms with van der Waals surface area (Å²) in [4.78, 5) is 46.5. The molecule has 1 saturated heterocycles. The van der Waals surface area contributed by atoms with Crippen LogP contribution in [0.4, 0.5) is 4.79 Å². The Morgan fingerprint density at radius 1 is 0.875 bits per heavy atom. The molecular formula is C14H21NO9. The number of esters is 3. The molecule has 1 fully saturated rings. The summed E-state index contributed by atoms with van der Waals surface area (Å²) in [7, 11) is 2.92. The Bertz CT molecular complexity index is 504. The zero-order valence-electron chi connectivity index (χ0n) is 14.1. The van der Waals surface area contributed by atoms with Gasteiger partial charge in [-0.15, -0.1) is 0 Å². The van der Waals surface area contributed by atoms with E-state index in [4.69, 9.17) is 23.7 Å². The van der Waals surface area contributed by atoms with Crippen molar-refractivity contribution in [2.45, 2.75) is 45.4 Å². The van der Waals surface area contributed by atoms with Crippen LogP contribution in [0.5, 0.6) is 0 Å². The van der Waals surface area contributed by atoms with Gasteiger partial charge in [0.15, 0.2) is 6.10 Å². The summed E-state index contributed by atoms with van der Waals surface area (Å²) in [6.07, 6.45) is -5.28. The number of hydrogen-bond donors (Lipinski definition) is 0. The van der Waals surface area contributed by atoms with E-state index in [0.29, 0.717) is 0 Å². The minimum atomic E-state index is -1.29. The van der Waals surface area contributed by atoms with Crippen LogP contribution in [0.25, 0.3) is 0 Å². The Morgan fingerprint density at radius 2 is 1.46 bits per heavy atom. The van der Waals surface area contributed by atoms with Crippen molar-refractivity contribution in [2.75, 3.05) is 20.7 Å². The molecule has 0 N–H and O–H groups in total. The lowest BCUT2D eigenvalue weighted by molar-refractivity contribution is -0.197. The molecule has 0 aromatic carbocycles. The van der Waals surface area contributed by atoms with Crippen LogP contribution in [0.15, 0.2) is 0 Å².